The van der Waals surface area contributed by atoms with E-state index >= 15 is 0 Å². The summed E-state index contributed by atoms with van der Waals surface area (Å²) in [5.74, 6) is 0.210. The van der Waals surface area contributed by atoms with Gasteiger partial charge in [0.05, 0.1) is 12.7 Å². The molecule has 2 heterocycles. The lowest BCUT2D eigenvalue weighted by atomic mass is 9.89. The largest absolute Gasteiger partial charge is 0.465 e. The van der Waals surface area contributed by atoms with E-state index in [1.165, 1.54) is 18.9 Å². The molecule has 1 fully saturated rings. The van der Waals surface area contributed by atoms with E-state index in [2.05, 4.69) is 10.3 Å². The maximum absolute atomic E-state index is 13.2. The topological polar surface area (TPSA) is 102 Å². The molecule has 0 spiro atoms. The van der Waals surface area contributed by atoms with Gasteiger partial charge in [0.15, 0.2) is 11.6 Å². The van der Waals surface area contributed by atoms with Crippen LogP contribution in [0, 0.1) is 0 Å². The highest BCUT2D eigenvalue weighted by Gasteiger charge is 2.25. The minimum atomic E-state index is -0.383. The van der Waals surface area contributed by atoms with E-state index in [1.54, 1.807) is 12.1 Å². The summed E-state index contributed by atoms with van der Waals surface area (Å²) in [7, 11) is 1.36. The third-order valence-corrected chi connectivity index (χ3v) is 7.02. The smallest absolute Gasteiger partial charge is 0.337 e. The number of nitrogens with one attached hydrogen (secondary N) is 1. The van der Waals surface area contributed by atoms with E-state index in [-0.39, 0.29) is 23.5 Å². The predicted molar refractivity (Wildman–Crippen MR) is 143 cm³/mol. The number of aryl methyl sites for hydroxylation is 1. The monoisotopic (exact) mass is 511 g/mol. The highest BCUT2D eigenvalue weighted by Crippen LogP contribution is 2.30. The first-order valence-electron chi connectivity index (χ1n) is 12.7. The molecule has 8 nitrogen and oxygen atoms in total. The Kier molecular flexibility index (Phi) is 7.22. The molecule has 0 atom stereocenters. The third-order valence-electron chi connectivity index (χ3n) is 7.02. The summed E-state index contributed by atoms with van der Waals surface area (Å²) in [5.41, 5.74) is 3.27. The highest BCUT2D eigenvalue weighted by molar-refractivity contribution is 6.03. The molecule has 1 aromatic heterocycles. The van der Waals surface area contributed by atoms with Crippen LogP contribution in [0.15, 0.2) is 71.3 Å². The van der Waals surface area contributed by atoms with Gasteiger partial charge in [-0.25, -0.2) is 9.78 Å². The number of benzene rings is 3. The van der Waals surface area contributed by atoms with E-state index in [1.807, 2.05) is 60.4 Å². The Hall–Kier alpha value is -4.46. The number of ether oxygens (including phenoxy) is 1. The molecule has 194 valence electrons. The molecular formula is C30H29N3O5. The van der Waals surface area contributed by atoms with Gasteiger partial charge >= 0.3 is 5.97 Å². The Morgan fingerprint density at radius 1 is 0.974 bits per heavy atom. The first-order chi connectivity index (χ1) is 18.4. The maximum Gasteiger partial charge on any atom is 0.337 e. The summed E-state index contributed by atoms with van der Waals surface area (Å²) in [4.78, 5) is 43.4. The molecule has 1 aliphatic heterocycles. The number of aromatic nitrogens is 1. The molecule has 8 heteroatoms. The van der Waals surface area contributed by atoms with Crippen molar-refractivity contribution in [1.29, 1.82) is 0 Å². The SMILES string of the molecule is CCc1nc(C(=O)Nc2ccc(C3CCN(C(=O)c4ccc5cc(C(=O)OC)ccc5c4)CC3)cc2)co1. The van der Waals surface area contributed by atoms with Gasteiger partial charge in [-0.15, -0.1) is 0 Å². The van der Waals surface area contributed by atoms with Gasteiger partial charge in [0.1, 0.15) is 6.26 Å². The van der Waals surface area contributed by atoms with Gasteiger partial charge in [-0.2, -0.15) is 0 Å². The molecule has 5 rings (SSSR count). The minimum Gasteiger partial charge on any atom is -0.465 e. The Labute approximate surface area is 220 Å². The Morgan fingerprint density at radius 2 is 1.63 bits per heavy atom. The molecule has 0 saturated carbocycles. The normalized spacial score (nSPS) is 13.9. The second kappa shape index (κ2) is 10.9. The molecule has 0 radical (unpaired) electrons. The van der Waals surface area contributed by atoms with Gasteiger partial charge < -0.3 is 19.4 Å². The minimum absolute atomic E-state index is 0.0135. The summed E-state index contributed by atoms with van der Waals surface area (Å²) < 4.78 is 10.0. The number of fused-ring (bicyclic) bond motifs is 1. The van der Waals surface area contributed by atoms with Gasteiger partial charge in [-0.05, 0) is 71.5 Å². The summed E-state index contributed by atoms with van der Waals surface area (Å²) >= 11 is 0. The van der Waals surface area contributed by atoms with E-state index in [0.29, 0.717) is 48.1 Å². The number of hydrogen-bond acceptors (Lipinski definition) is 6. The van der Waals surface area contributed by atoms with Crippen molar-refractivity contribution < 1.29 is 23.5 Å². The third kappa shape index (κ3) is 5.29. The number of rotatable bonds is 6. The Morgan fingerprint density at radius 3 is 2.26 bits per heavy atom. The molecule has 3 aromatic carbocycles. The zero-order chi connectivity index (χ0) is 26.6. The molecule has 0 aliphatic carbocycles. The van der Waals surface area contributed by atoms with Crippen molar-refractivity contribution in [3.63, 3.8) is 0 Å². The van der Waals surface area contributed by atoms with Gasteiger partial charge in [0, 0.05) is 30.8 Å². The van der Waals surface area contributed by atoms with Crippen LogP contribution in [0.4, 0.5) is 5.69 Å². The summed E-state index contributed by atoms with van der Waals surface area (Å²) in [6.45, 7) is 3.26. The van der Waals surface area contributed by atoms with E-state index in [4.69, 9.17) is 9.15 Å². The lowest BCUT2D eigenvalue weighted by molar-refractivity contribution is 0.0600. The Balaban J connectivity index is 1.18. The van der Waals surface area contributed by atoms with Crippen LogP contribution in [0.5, 0.6) is 0 Å². The average Bonchev–Trinajstić information content (AvgIpc) is 3.46. The maximum atomic E-state index is 13.2. The molecule has 38 heavy (non-hydrogen) atoms. The number of piperidine rings is 1. The van der Waals surface area contributed by atoms with Crippen molar-refractivity contribution >= 4 is 34.2 Å². The van der Waals surface area contributed by atoms with Crippen LogP contribution in [-0.4, -0.2) is 47.9 Å². The van der Waals surface area contributed by atoms with Gasteiger partial charge in [0.2, 0.25) is 0 Å². The molecule has 0 unspecified atom stereocenters. The van der Waals surface area contributed by atoms with Crippen molar-refractivity contribution in [3.05, 3.63) is 95.2 Å². The zero-order valence-electron chi connectivity index (χ0n) is 21.4. The molecule has 2 amide bonds. The van der Waals surface area contributed by atoms with Crippen LogP contribution >= 0.6 is 0 Å². The van der Waals surface area contributed by atoms with E-state index in [9.17, 15) is 14.4 Å². The van der Waals surface area contributed by atoms with Crippen LogP contribution in [-0.2, 0) is 11.2 Å². The van der Waals surface area contributed by atoms with Crippen molar-refractivity contribution in [2.75, 3.05) is 25.5 Å². The van der Waals surface area contributed by atoms with Crippen LogP contribution in [0.1, 0.15) is 68.3 Å². The molecule has 1 aliphatic rings. The molecule has 1 N–H and O–H groups in total. The number of anilines is 1. The molecule has 1 saturated heterocycles. The molecule has 0 bridgehead atoms. The summed E-state index contributed by atoms with van der Waals surface area (Å²) in [6, 6.07) is 18.7. The summed E-state index contributed by atoms with van der Waals surface area (Å²) in [6.07, 6.45) is 3.74. The van der Waals surface area contributed by atoms with Gasteiger partial charge in [-0.1, -0.05) is 31.2 Å². The van der Waals surface area contributed by atoms with Gasteiger partial charge in [0.25, 0.3) is 11.8 Å². The standard InChI is InChI=1S/C30H29N3O5/c1-3-27-32-26(18-38-27)28(34)31-25-10-8-19(9-11-25)20-12-14-33(15-13-20)29(35)23-6-4-22-17-24(30(36)37-2)7-5-21(22)16-23/h4-11,16-18,20H,3,12-15H2,1-2H3,(H,31,34). The zero-order valence-corrected chi connectivity index (χ0v) is 21.4. The number of hydrogen-bond donors (Lipinski definition) is 1. The second-order valence-electron chi connectivity index (χ2n) is 9.39. The first kappa shape index (κ1) is 25.2. The number of methoxy groups -OCH3 is 1. The highest BCUT2D eigenvalue weighted by atomic mass is 16.5. The number of esters is 1. The molecular weight excluding hydrogens is 482 g/mol. The fraction of sp³-hybridized carbons (Fsp3) is 0.267. The van der Waals surface area contributed by atoms with Crippen LogP contribution in [0.2, 0.25) is 0 Å². The number of carbonyl (C=O) groups is 3. The van der Waals surface area contributed by atoms with Crippen molar-refractivity contribution in [3.8, 4) is 0 Å². The van der Waals surface area contributed by atoms with Gasteiger partial charge in [-0.3, -0.25) is 9.59 Å². The van der Waals surface area contributed by atoms with E-state index in [0.717, 1.165) is 23.6 Å². The number of amides is 2. The second-order valence-corrected chi connectivity index (χ2v) is 9.39. The number of carbonyl (C=O) groups excluding carboxylic acids is 3. The number of oxazole rings is 1. The van der Waals surface area contributed by atoms with Crippen LogP contribution in [0.3, 0.4) is 0 Å². The fourth-order valence-corrected chi connectivity index (χ4v) is 4.83. The number of nitrogens with zero attached hydrogens (tertiary/aromatic N) is 2. The quantitative estimate of drug-likeness (QED) is 0.346. The van der Waals surface area contributed by atoms with Crippen LogP contribution < -0.4 is 5.32 Å². The predicted octanol–water partition coefficient (Wildman–Crippen LogP) is 5.45. The van der Waals surface area contributed by atoms with E-state index < -0.39 is 0 Å². The van der Waals surface area contributed by atoms with Crippen molar-refractivity contribution in [1.82, 2.24) is 9.88 Å². The lowest BCUT2D eigenvalue weighted by Crippen LogP contribution is -2.37. The van der Waals surface area contributed by atoms with Crippen LogP contribution in [0.25, 0.3) is 10.8 Å². The first-order valence-corrected chi connectivity index (χ1v) is 12.7. The average molecular weight is 512 g/mol. The molecule has 4 aromatic rings. The van der Waals surface area contributed by atoms with Crippen molar-refractivity contribution in [2.45, 2.75) is 32.1 Å². The van der Waals surface area contributed by atoms with Crippen molar-refractivity contribution in [2.24, 2.45) is 0 Å². The lowest BCUT2D eigenvalue weighted by Gasteiger charge is -2.32. The summed E-state index contributed by atoms with van der Waals surface area (Å²) in [5, 5.41) is 4.64. The Bertz CT molecular complexity index is 1480. The number of likely N-dealkylation sites (tertiary alicyclic amines) is 1. The fourth-order valence-electron chi connectivity index (χ4n) is 4.83.